The van der Waals surface area contributed by atoms with Gasteiger partial charge in [-0.25, -0.2) is 17.6 Å². The third kappa shape index (κ3) is 3.76. The molecule has 3 aromatic rings. The molecule has 3 rings (SSSR count). The Morgan fingerprint density at radius 3 is 2.25 bits per heavy atom. The second-order valence-electron chi connectivity index (χ2n) is 5.73. The summed E-state index contributed by atoms with van der Waals surface area (Å²) >= 11 is 0. The highest BCUT2D eigenvalue weighted by Gasteiger charge is 2.38. The molecule has 0 aliphatic rings. The number of alkyl halides is 2. The molecule has 0 N–H and O–H groups in total. The first-order valence-electron chi connectivity index (χ1n) is 7.90. The fraction of sp³-hybridized carbons (Fsp3) is 0.100. The Kier molecular flexibility index (Phi) is 5.22. The van der Waals surface area contributed by atoms with Crippen molar-refractivity contribution in [1.29, 1.82) is 0 Å². The Morgan fingerprint density at radius 2 is 1.57 bits per heavy atom. The number of fused-ring (bicyclic) bond motifs is 1. The summed E-state index contributed by atoms with van der Waals surface area (Å²) in [5.41, 5.74) is -1.06. The lowest BCUT2D eigenvalue weighted by Crippen LogP contribution is -2.23. The minimum atomic E-state index is -4.09. The van der Waals surface area contributed by atoms with E-state index >= 15 is 0 Å². The smallest absolute Gasteiger partial charge is 0.429 e. The third-order valence-electron chi connectivity index (χ3n) is 3.81. The molecule has 0 saturated heterocycles. The molecule has 8 heteroatoms. The summed E-state index contributed by atoms with van der Waals surface area (Å²) in [7, 11) is 0. The maximum atomic E-state index is 14.4. The van der Waals surface area contributed by atoms with Gasteiger partial charge in [0.15, 0.2) is 17.5 Å². The Bertz CT molecular complexity index is 1050. The second-order valence-corrected chi connectivity index (χ2v) is 5.73. The number of hydrogen-bond acceptors (Lipinski definition) is 2. The maximum Gasteiger partial charge on any atom is 0.429 e. The summed E-state index contributed by atoms with van der Waals surface area (Å²) in [6.07, 6.45) is -2.69. The fourth-order valence-corrected chi connectivity index (χ4v) is 2.53. The van der Waals surface area contributed by atoms with Gasteiger partial charge in [-0.3, -0.25) is 0 Å². The quantitative estimate of drug-likeness (QED) is 0.284. The van der Waals surface area contributed by atoms with E-state index in [0.29, 0.717) is 6.07 Å². The standard InChI is InChI=1S/C20H12F6O2/c1-2-7-27-12-4-6-15(16(21)10-12)20(25,26)28-13-3-5-14-11(8-13)9-17(22)19(24)18(14)23/h2-6,8-10H,1,7H2. The van der Waals surface area contributed by atoms with E-state index in [0.717, 1.165) is 36.4 Å². The van der Waals surface area contributed by atoms with Crippen molar-refractivity contribution in [1.82, 2.24) is 0 Å². The predicted octanol–water partition coefficient (Wildman–Crippen LogP) is 6.09. The average molecular weight is 398 g/mol. The molecule has 0 radical (unpaired) electrons. The van der Waals surface area contributed by atoms with E-state index in [4.69, 9.17) is 4.74 Å². The van der Waals surface area contributed by atoms with Crippen molar-refractivity contribution in [3.8, 4) is 11.5 Å². The maximum absolute atomic E-state index is 14.4. The number of hydrogen-bond donors (Lipinski definition) is 0. The van der Waals surface area contributed by atoms with Crippen LogP contribution in [0.4, 0.5) is 26.3 Å². The average Bonchev–Trinajstić information content (AvgIpc) is 2.64. The van der Waals surface area contributed by atoms with Gasteiger partial charge in [0.05, 0.1) is 0 Å². The zero-order valence-corrected chi connectivity index (χ0v) is 14.1. The summed E-state index contributed by atoms with van der Waals surface area (Å²) in [6.45, 7) is 3.48. The van der Waals surface area contributed by atoms with E-state index in [1.807, 2.05) is 0 Å². The van der Waals surface area contributed by atoms with Crippen LogP contribution in [0.5, 0.6) is 11.5 Å². The highest BCUT2D eigenvalue weighted by Crippen LogP contribution is 2.36. The lowest BCUT2D eigenvalue weighted by Gasteiger charge is -2.19. The van der Waals surface area contributed by atoms with Crippen LogP contribution in [-0.4, -0.2) is 6.61 Å². The van der Waals surface area contributed by atoms with Crippen molar-refractivity contribution in [2.45, 2.75) is 6.11 Å². The van der Waals surface area contributed by atoms with Crippen LogP contribution in [-0.2, 0) is 6.11 Å². The van der Waals surface area contributed by atoms with E-state index in [1.165, 1.54) is 6.08 Å². The van der Waals surface area contributed by atoms with E-state index in [1.54, 1.807) is 0 Å². The zero-order chi connectivity index (χ0) is 20.5. The number of halogens is 6. The molecule has 0 aliphatic carbocycles. The van der Waals surface area contributed by atoms with Gasteiger partial charge in [-0.2, -0.15) is 8.78 Å². The molecular formula is C20H12F6O2. The molecule has 0 aliphatic heterocycles. The fourth-order valence-electron chi connectivity index (χ4n) is 2.53. The predicted molar refractivity (Wildman–Crippen MR) is 90.4 cm³/mol. The molecule has 2 nitrogen and oxygen atoms in total. The molecule has 3 aromatic carbocycles. The van der Waals surface area contributed by atoms with E-state index < -0.39 is 40.7 Å². The topological polar surface area (TPSA) is 18.5 Å². The molecule has 0 spiro atoms. The van der Waals surface area contributed by atoms with Crippen molar-refractivity contribution >= 4 is 10.8 Å². The normalized spacial score (nSPS) is 11.5. The summed E-state index contributed by atoms with van der Waals surface area (Å²) in [4.78, 5) is 0. The van der Waals surface area contributed by atoms with Gasteiger partial charge in [-0.05, 0) is 41.8 Å². The summed E-state index contributed by atoms with van der Waals surface area (Å²) in [5.74, 6) is -6.34. The molecule has 0 aromatic heterocycles. The molecule has 28 heavy (non-hydrogen) atoms. The van der Waals surface area contributed by atoms with Gasteiger partial charge in [0.1, 0.15) is 29.5 Å². The minimum Gasteiger partial charge on any atom is -0.489 e. The highest BCUT2D eigenvalue weighted by molar-refractivity contribution is 5.84. The lowest BCUT2D eigenvalue weighted by molar-refractivity contribution is -0.187. The van der Waals surface area contributed by atoms with Crippen molar-refractivity contribution in [3.05, 3.63) is 84.0 Å². The molecule has 0 unspecified atom stereocenters. The van der Waals surface area contributed by atoms with Crippen LogP contribution in [0.25, 0.3) is 10.8 Å². The van der Waals surface area contributed by atoms with Crippen molar-refractivity contribution < 1.29 is 35.8 Å². The molecule has 0 heterocycles. The first-order valence-corrected chi connectivity index (χ1v) is 7.90. The van der Waals surface area contributed by atoms with E-state index in [-0.39, 0.29) is 23.1 Å². The second kappa shape index (κ2) is 7.46. The summed E-state index contributed by atoms with van der Waals surface area (Å²) in [6, 6.07) is 6.14. The molecule has 0 fully saturated rings. The third-order valence-corrected chi connectivity index (χ3v) is 3.81. The van der Waals surface area contributed by atoms with Crippen molar-refractivity contribution in [2.75, 3.05) is 6.61 Å². The van der Waals surface area contributed by atoms with Crippen LogP contribution in [0.3, 0.4) is 0 Å². The van der Waals surface area contributed by atoms with E-state index in [2.05, 4.69) is 11.3 Å². The van der Waals surface area contributed by atoms with Crippen LogP contribution in [0.2, 0.25) is 0 Å². The van der Waals surface area contributed by atoms with Gasteiger partial charge in [0.2, 0.25) is 0 Å². The Balaban J connectivity index is 1.91. The Hall–Kier alpha value is -3.16. The molecule has 146 valence electrons. The van der Waals surface area contributed by atoms with Gasteiger partial charge < -0.3 is 9.47 Å². The van der Waals surface area contributed by atoms with Crippen molar-refractivity contribution in [2.24, 2.45) is 0 Å². The zero-order valence-electron chi connectivity index (χ0n) is 14.1. The molecule has 0 atom stereocenters. The number of rotatable bonds is 6. The molecule has 0 saturated carbocycles. The monoisotopic (exact) mass is 398 g/mol. The Morgan fingerprint density at radius 1 is 0.857 bits per heavy atom. The van der Waals surface area contributed by atoms with Crippen molar-refractivity contribution in [3.63, 3.8) is 0 Å². The van der Waals surface area contributed by atoms with Crippen LogP contribution >= 0.6 is 0 Å². The molecular weight excluding hydrogens is 386 g/mol. The van der Waals surface area contributed by atoms with Crippen LogP contribution in [0.15, 0.2) is 55.1 Å². The first kappa shape index (κ1) is 19.6. The lowest BCUT2D eigenvalue weighted by atomic mass is 10.1. The summed E-state index contributed by atoms with van der Waals surface area (Å²) in [5, 5.41) is -0.511. The van der Waals surface area contributed by atoms with E-state index in [9.17, 15) is 26.3 Å². The number of ether oxygens (including phenoxy) is 2. The SMILES string of the molecule is C=CCOc1ccc(C(F)(F)Oc2ccc3c(F)c(F)c(F)cc3c2)c(F)c1. The van der Waals surface area contributed by atoms with Gasteiger partial charge in [-0.1, -0.05) is 12.7 Å². The summed E-state index contributed by atoms with van der Waals surface area (Å²) < 4.78 is 92.7. The van der Waals surface area contributed by atoms with Gasteiger partial charge in [-0.15, -0.1) is 0 Å². The Labute approximate surface area is 155 Å². The van der Waals surface area contributed by atoms with Crippen LogP contribution in [0, 0.1) is 23.3 Å². The van der Waals surface area contributed by atoms with Crippen LogP contribution < -0.4 is 9.47 Å². The van der Waals surface area contributed by atoms with Crippen LogP contribution in [0.1, 0.15) is 5.56 Å². The molecule has 0 bridgehead atoms. The number of benzene rings is 3. The highest BCUT2D eigenvalue weighted by atomic mass is 19.3. The van der Waals surface area contributed by atoms with Gasteiger partial charge in [0, 0.05) is 11.5 Å². The minimum absolute atomic E-state index is 0.0237. The van der Waals surface area contributed by atoms with Gasteiger partial charge in [0.25, 0.3) is 0 Å². The molecule has 0 amide bonds. The van der Waals surface area contributed by atoms with Gasteiger partial charge >= 0.3 is 6.11 Å². The largest absolute Gasteiger partial charge is 0.489 e. The first-order chi connectivity index (χ1) is 13.2.